The van der Waals surface area contributed by atoms with E-state index in [0.29, 0.717) is 29.9 Å². The summed E-state index contributed by atoms with van der Waals surface area (Å²) < 4.78 is 11.4. The Kier molecular flexibility index (Phi) is 4.45. The van der Waals surface area contributed by atoms with Crippen LogP contribution in [0.25, 0.3) is 0 Å². The Morgan fingerprint density at radius 1 is 1.29 bits per heavy atom. The molecule has 0 radical (unpaired) electrons. The number of nitrogens with one attached hydrogen (secondary N) is 1. The Morgan fingerprint density at radius 2 is 2.04 bits per heavy atom. The van der Waals surface area contributed by atoms with Gasteiger partial charge >= 0.3 is 6.01 Å². The van der Waals surface area contributed by atoms with Crippen molar-refractivity contribution in [2.45, 2.75) is 76.0 Å². The topological polar surface area (TPSA) is 93.6 Å². The number of aromatic nitrogens is 2. The lowest BCUT2D eigenvalue weighted by atomic mass is 9.52. The lowest BCUT2D eigenvalue weighted by Gasteiger charge is -2.58. The molecular formula is C21H29N3O4. The molecule has 0 saturated heterocycles. The second-order valence-electron chi connectivity index (χ2n) is 9.17. The van der Waals surface area contributed by atoms with Crippen molar-refractivity contribution in [3.63, 3.8) is 0 Å². The quantitative estimate of drug-likeness (QED) is 0.779. The zero-order valence-electron chi connectivity index (χ0n) is 16.4. The van der Waals surface area contributed by atoms with Crippen LogP contribution in [0.3, 0.4) is 0 Å². The van der Waals surface area contributed by atoms with Gasteiger partial charge in [0.05, 0.1) is 18.4 Å². The maximum Gasteiger partial charge on any atom is 0.319 e. The summed E-state index contributed by atoms with van der Waals surface area (Å²) in [5.74, 6) is 1.42. The Labute approximate surface area is 165 Å². The fourth-order valence-corrected chi connectivity index (χ4v) is 5.89. The number of hydrogen-bond donors (Lipinski definition) is 2. The van der Waals surface area contributed by atoms with Gasteiger partial charge in [-0.05, 0) is 76.0 Å². The van der Waals surface area contributed by atoms with Crippen LogP contribution in [0.15, 0.2) is 6.20 Å². The average molecular weight is 387 g/mol. The zero-order valence-corrected chi connectivity index (χ0v) is 16.4. The van der Waals surface area contributed by atoms with E-state index in [-0.39, 0.29) is 29.9 Å². The number of hydrogen-bond acceptors (Lipinski definition) is 6. The van der Waals surface area contributed by atoms with Crippen LogP contribution in [-0.2, 0) is 0 Å². The van der Waals surface area contributed by atoms with Gasteiger partial charge in [-0.15, -0.1) is 0 Å². The maximum absolute atomic E-state index is 13.0. The van der Waals surface area contributed by atoms with E-state index in [9.17, 15) is 9.90 Å². The highest BCUT2D eigenvalue weighted by atomic mass is 16.5. The van der Waals surface area contributed by atoms with E-state index in [4.69, 9.17) is 9.47 Å². The molecule has 1 heterocycles. The molecule has 5 aliphatic rings. The molecular weight excluding hydrogens is 358 g/mol. The van der Waals surface area contributed by atoms with Gasteiger partial charge in [0, 0.05) is 6.04 Å². The molecule has 2 N–H and O–H groups in total. The Morgan fingerprint density at radius 3 is 2.64 bits per heavy atom. The highest BCUT2D eigenvalue weighted by Gasteiger charge is 2.55. The standard InChI is InChI=1S/C21H29N3O4/c1-2-27-19-16(11-22-20(24-19)28-15-4-3-5-15)18(25)23-17-13-6-12-7-14(17)10-21(26,8-12)9-13/h11-15,17,26H,2-10H2,1H3,(H,23,25). The first kappa shape index (κ1) is 18.2. The van der Waals surface area contributed by atoms with E-state index in [0.717, 1.165) is 44.9 Å². The zero-order chi connectivity index (χ0) is 19.3. The van der Waals surface area contributed by atoms with E-state index in [1.165, 1.54) is 12.6 Å². The molecule has 1 aromatic heterocycles. The van der Waals surface area contributed by atoms with Gasteiger partial charge in [-0.25, -0.2) is 4.98 Å². The molecule has 5 fully saturated rings. The molecule has 152 valence electrons. The van der Waals surface area contributed by atoms with Crippen LogP contribution >= 0.6 is 0 Å². The van der Waals surface area contributed by atoms with Crippen molar-refractivity contribution >= 4 is 5.91 Å². The van der Waals surface area contributed by atoms with Crippen LogP contribution in [0.5, 0.6) is 11.9 Å². The minimum Gasteiger partial charge on any atom is -0.477 e. The van der Waals surface area contributed by atoms with E-state index in [1.54, 1.807) is 0 Å². The number of aliphatic hydroxyl groups is 1. The van der Waals surface area contributed by atoms with Gasteiger partial charge < -0.3 is 19.9 Å². The first-order valence-electron chi connectivity index (χ1n) is 10.7. The highest BCUT2D eigenvalue weighted by molar-refractivity contribution is 5.96. The largest absolute Gasteiger partial charge is 0.477 e. The van der Waals surface area contributed by atoms with Gasteiger partial charge in [0.15, 0.2) is 0 Å². The summed E-state index contributed by atoms with van der Waals surface area (Å²) in [6.07, 6.45) is 9.65. The summed E-state index contributed by atoms with van der Waals surface area (Å²) in [7, 11) is 0. The Balaban J connectivity index is 1.32. The molecule has 7 heteroatoms. The van der Waals surface area contributed by atoms with Crippen molar-refractivity contribution in [2.24, 2.45) is 17.8 Å². The molecule has 6 rings (SSSR count). The number of carbonyl (C=O) groups excluding carboxylic acids is 1. The normalized spacial score (nSPS) is 36.1. The van der Waals surface area contributed by atoms with Crippen LogP contribution in [-0.4, -0.2) is 45.3 Å². The van der Waals surface area contributed by atoms with Crippen molar-refractivity contribution in [2.75, 3.05) is 6.61 Å². The number of carbonyl (C=O) groups is 1. The van der Waals surface area contributed by atoms with Gasteiger partial charge in [-0.2, -0.15) is 4.98 Å². The Bertz CT molecular complexity index is 750. The van der Waals surface area contributed by atoms with Gasteiger partial charge in [-0.3, -0.25) is 4.79 Å². The summed E-state index contributed by atoms with van der Waals surface area (Å²) in [6, 6.07) is 0.395. The number of amides is 1. The number of nitrogens with zero attached hydrogens (tertiary/aromatic N) is 2. The van der Waals surface area contributed by atoms with E-state index in [2.05, 4.69) is 15.3 Å². The second-order valence-corrected chi connectivity index (χ2v) is 9.17. The third-order valence-electron chi connectivity index (χ3n) is 7.12. The summed E-state index contributed by atoms with van der Waals surface area (Å²) in [4.78, 5) is 21.6. The predicted molar refractivity (Wildman–Crippen MR) is 101 cm³/mol. The average Bonchev–Trinajstić information content (AvgIpc) is 2.60. The molecule has 1 aromatic rings. The molecule has 28 heavy (non-hydrogen) atoms. The molecule has 2 atom stereocenters. The third-order valence-corrected chi connectivity index (χ3v) is 7.12. The number of rotatable bonds is 6. The van der Waals surface area contributed by atoms with Crippen LogP contribution in [0, 0.1) is 17.8 Å². The molecule has 7 nitrogen and oxygen atoms in total. The molecule has 5 saturated carbocycles. The first-order valence-corrected chi connectivity index (χ1v) is 10.7. The molecule has 0 aromatic carbocycles. The summed E-state index contributed by atoms with van der Waals surface area (Å²) >= 11 is 0. The molecule has 0 spiro atoms. The minimum absolute atomic E-state index is 0.115. The molecule has 4 bridgehead atoms. The van der Waals surface area contributed by atoms with Crippen molar-refractivity contribution in [1.82, 2.24) is 15.3 Å². The summed E-state index contributed by atoms with van der Waals surface area (Å²) in [5.41, 5.74) is -0.145. The van der Waals surface area contributed by atoms with Gasteiger partial charge in [0.25, 0.3) is 5.91 Å². The minimum atomic E-state index is -0.502. The van der Waals surface area contributed by atoms with E-state index < -0.39 is 5.60 Å². The van der Waals surface area contributed by atoms with Crippen LogP contribution in [0.1, 0.15) is 68.6 Å². The van der Waals surface area contributed by atoms with Crippen molar-refractivity contribution in [3.05, 3.63) is 11.8 Å². The fraction of sp³-hybridized carbons (Fsp3) is 0.762. The van der Waals surface area contributed by atoms with Crippen LogP contribution < -0.4 is 14.8 Å². The lowest BCUT2D eigenvalue weighted by Crippen LogP contribution is -2.61. The van der Waals surface area contributed by atoms with E-state index >= 15 is 0 Å². The molecule has 1 amide bonds. The first-order chi connectivity index (χ1) is 13.5. The molecule has 5 aliphatic carbocycles. The van der Waals surface area contributed by atoms with Gasteiger partial charge in [-0.1, -0.05) is 0 Å². The van der Waals surface area contributed by atoms with Gasteiger partial charge in [0.1, 0.15) is 11.7 Å². The molecule has 2 unspecified atom stereocenters. The fourth-order valence-electron chi connectivity index (χ4n) is 5.89. The Hall–Kier alpha value is -1.89. The highest BCUT2D eigenvalue weighted by Crippen LogP contribution is 2.55. The van der Waals surface area contributed by atoms with Gasteiger partial charge in [0.2, 0.25) is 5.88 Å². The van der Waals surface area contributed by atoms with Crippen molar-refractivity contribution < 1.29 is 19.4 Å². The van der Waals surface area contributed by atoms with Crippen molar-refractivity contribution in [1.29, 1.82) is 0 Å². The monoisotopic (exact) mass is 387 g/mol. The lowest BCUT2D eigenvalue weighted by molar-refractivity contribution is -0.136. The molecule has 0 aliphatic heterocycles. The summed E-state index contributed by atoms with van der Waals surface area (Å²) in [5, 5.41) is 14.0. The predicted octanol–water partition coefficient (Wildman–Crippen LogP) is 2.48. The summed E-state index contributed by atoms with van der Waals surface area (Å²) in [6.45, 7) is 2.29. The third kappa shape index (κ3) is 3.23. The second kappa shape index (κ2) is 6.87. The van der Waals surface area contributed by atoms with Crippen LogP contribution in [0.4, 0.5) is 0 Å². The van der Waals surface area contributed by atoms with Crippen molar-refractivity contribution in [3.8, 4) is 11.9 Å². The smallest absolute Gasteiger partial charge is 0.319 e. The van der Waals surface area contributed by atoms with Crippen LogP contribution in [0.2, 0.25) is 0 Å². The maximum atomic E-state index is 13.0. The number of ether oxygens (including phenoxy) is 2. The van der Waals surface area contributed by atoms with E-state index in [1.807, 2.05) is 6.92 Å². The SMILES string of the molecule is CCOc1nc(OC2CCC2)ncc1C(=O)NC1C2CC3CC1CC(O)(C3)C2.